The summed E-state index contributed by atoms with van der Waals surface area (Å²) in [6, 6.07) is 22.6. The van der Waals surface area contributed by atoms with E-state index in [1.807, 2.05) is 25.2 Å². The highest BCUT2D eigenvalue weighted by atomic mass is 15.0. The van der Waals surface area contributed by atoms with E-state index in [1.165, 1.54) is 50.8 Å². The molecule has 0 bridgehead atoms. The highest BCUT2D eigenvalue weighted by molar-refractivity contribution is 6.16. The smallest absolute Gasteiger partial charge is 0.0547 e. The normalized spacial score (nSPS) is 13.7. The Hall–Kier alpha value is -6.20. The molecule has 1 aliphatic carbocycles. The minimum Gasteiger partial charge on any atom is -0.405 e. The van der Waals surface area contributed by atoms with Crippen LogP contribution >= 0.6 is 0 Å². The molecule has 4 aromatic carbocycles. The van der Waals surface area contributed by atoms with Gasteiger partial charge < -0.3 is 25.7 Å². The van der Waals surface area contributed by atoms with Gasteiger partial charge in [-0.25, -0.2) is 0 Å². The van der Waals surface area contributed by atoms with Gasteiger partial charge in [-0.3, -0.25) is 0 Å². The maximum Gasteiger partial charge on any atom is 0.0547 e. The highest BCUT2D eigenvalue weighted by Gasteiger charge is 2.24. The summed E-state index contributed by atoms with van der Waals surface area (Å²) in [5, 5.41) is 20.2. The lowest BCUT2D eigenvalue weighted by atomic mass is 9.84. The van der Waals surface area contributed by atoms with Crippen molar-refractivity contribution in [1.29, 1.82) is 10.8 Å². The second-order valence-electron chi connectivity index (χ2n) is 13.1. The molecule has 5 nitrogen and oxygen atoms in total. The Balaban J connectivity index is 1.51. The third-order valence-electron chi connectivity index (χ3n) is 10.1. The van der Waals surface area contributed by atoms with Gasteiger partial charge in [0.1, 0.15) is 0 Å². The molecule has 4 N–H and O–H groups in total. The van der Waals surface area contributed by atoms with E-state index < -0.39 is 0 Å². The summed E-state index contributed by atoms with van der Waals surface area (Å²) in [5.41, 5.74) is 21.3. The van der Waals surface area contributed by atoms with Crippen molar-refractivity contribution in [3.05, 3.63) is 145 Å². The van der Waals surface area contributed by atoms with Gasteiger partial charge in [0.25, 0.3) is 0 Å². The van der Waals surface area contributed by atoms with Crippen LogP contribution in [-0.4, -0.2) is 21.6 Å². The third-order valence-corrected chi connectivity index (χ3v) is 10.1. The molecule has 51 heavy (non-hydrogen) atoms. The van der Waals surface area contributed by atoms with E-state index >= 15 is 0 Å². The Morgan fingerprint density at radius 1 is 0.765 bits per heavy atom. The zero-order chi connectivity index (χ0) is 35.8. The molecule has 0 radical (unpaired) electrons. The van der Waals surface area contributed by atoms with E-state index in [2.05, 4.69) is 115 Å². The first-order valence-corrected chi connectivity index (χ1v) is 17.5. The van der Waals surface area contributed by atoms with Crippen LogP contribution in [0.1, 0.15) is 49.4 Å². The molecule has 1 aliphatic rings. The summed E-state index contributed by atoms with van der Waals surface area (Å²) in [4.78, 5) is 0. The molecule has 0 aliphatic heterocycles. The van der Waals surface area contributed by atoms with Crippen LogP contribution in [0.2, 0.25) is 0 Å². The van der Waals surface area contributed by atoms with Crippen molar-refractivity contribution >= 4 is 78.6 Å². The molecule has 0 saturated heterocycles. The van der Waals surface area contributed by atoms with Gasteiger partial charge in [0.15, 0.2) is 0 Å². The highest BCUT2D eigenvalue weighted by Crippen LogP contribution is 2.44. The summed E-state index contributed by atoms with van der Waals surface area (Å²) >= 11 is 0. The van der Waals surface area contributed by atoms with Gasteiger partial charge in [-0.2, -0.15) is 0 Å². The number of nitrogens with one attached hydrogen (secondary N) is 2. The van der Waals surface area contributed by atoms with Crippen LogP contribution in [-0.2, 0) is 12.8 Å². The van der Waals surface area contributed by atoms with Crippen molar-refractivity contribution in [2.45, 2.75) is 40.0 Å². The lowest BCUT2D eigenvalue weighted by Gasteiger charge is -2.21. The van der Waals surface area contributed by atoms with Gasteiger partial charge >= 0.3 is 0 Å². The number of nitrogens with two attached hydrogens (primary N) is 1. The minimum atomic E-state index is 0.869. The topological polar surface area (TPSA) is 83.6 Å². The first kappa shape index (κ1) is 33.3. The lowest BCUT2D eigenvalue weighted by Crippen LogP contribution is -2.05. The monoisotopic (exact) mass is 665 g/mol. The van der Waals surface area contributed by atoms with Crippen LogP contribution in [0.15, 0.2) is 123 Å². The first-order chi connectivity index (χ1) is 24.8. The van der Waals surface area contributed by atoms with Gasteiger partial charge in [-0.05, 0) is 157 Å². The van der Waals surface area contributed by atoms with Crippen LogP contribution in [0.25, 0.3) is 77.3 Å². The number of fused-ring (bicyclic) bond motifs is 9. The minimum absolute atomic E-state index is 0.869. The van der Waals surface area contributed by atoms with Gasteiger partial charge in [-0.1, -0.05) is 50.4 Å². The van der Waals surface area contributed by atoms with Crippen LogP contribution in [0.5, 0.6) is 0 Å². The second kappa shape index (κ2) is 13.6. The van der Waals surface area contributed by atoms with Gasteiger partial charge in [-0.15, -0.1) is 0 Å². The van der Waals surface area contributed by atoms with E-state index in [1.54, 1.807) is 12.3 Å². The molecule has 0 amide bonds. The number of rotatable bonds is 10. The third kappa shape index (κ3) is 5.61. The maximum absolute atomic E-state index is 8.07. The van der Waals surface area contributed by atoms with Crippen molar-refractivity contribution in [2.75, 3.05) is 0 Å². The first-order valence-electron chi connectivity index (χ1n) is 17.5. The van der Waals surface area contributed by atoms with Crippen molar-refractivity contribution in [2.24, 2.45) is 5.73 Å². The van der Waals surface area contributed by atoms with Crippen molar-refractivity contribution in [3.63, 3.8) is 0 Å². The van der Waals surface area contributed by atoms with E-state index in [-0.39, 0.29) is 0 Å². The molecular weight excluding hydrogens is 623 g/mol. The average molecular weight is 666 g/mol. The standard InChI is InChI=1S/C46H43N5/c1-6-10-30(4)50-43-18-16-32(29(3)12-8-20-47)22-39(43)41-24-34-14-15-35-25-42-40-23-33(36(28-49)11-7-2)17-19-44(40)51(31(5)13-9-21-48)46(42)27-38(35)37(34)26-45(41)50/h6,8-13,16-28,47,49H,3-4,7,14-15,48H2,1-2,5H3/b10-6-,12-8-,21-9-,31-13+,36-11+,47-20?,49-28?. The van der Waals surface area contributed by atoms with E-state index in [4.69, 9.17) is 16.6 Å². The number of aryl methyl sites for hydroxylation is 2. The summed E-state index contributed by atoms with van der Waals surface area (Å²) in [5.74, 6) is 0. The molecule has 0 unspecified atom stereocenters. The number of hydrogen-bond donors (Lipinski definition) is 3. The SMILES string of the molecule is C=C(/C=C\C=N)c1ccc2c(c1)c1cc3c(cc1n2C(=C)/C=C\C)-c1cc2c(cc1CC3)c1cc(/C(C=N)=C/CC)ccc1n2/C(C)=C/C=C\N. The lowest BCUT2D eigenvalue weighted by molar-refractivity contribution is 0.946. The predicted molar refractivity (Wildman–Crippen MR) is 223 cm³/mol. The molecule has 0 fully saturated rings. The average Bonchev–Trinajstić information content (AvgIpc) is 3.64. The number of aromatic nitrogens is 2. The van der Waals surface area contributed by atoms with E-state index in [9.17, 15) is 0 Å². The van der Waals surface area contributed by atoms with Crippen LogP contribution in [0.4, 0.5) is 0 Å². The molecule has 0 saturated carbocycles. The van der Waals surface area contributed by atoms with Gasteiger partial charge in [0, 0.05) is 45.4 Å². The fourth-order valence-corrected chi connectivity index (χ4v) is 7.75. The molecule has 2 heterocycles. The fourth-order valence-electron chi connectivity index (χ4n) is 7.75. The van der Waals surface area contributed by atoms with E-state index in [0.29, 0.717) is 0 Å². The van der Waals surface area contributed by atoms with Crippen molar-refractivity contribution in [3.8, 4) is 11.1 Å². The summed E-state index contributed by atoms with van der Waals surface area (Å²) in [7, 11) is 0. The number of benzene rings is 4. The second-order valence-corrected chi connectivity index (χ2v) is 13.1. The quantitative estimate of drug-likeness (QED) is 0.0987. The molecule has 252 valence electrons. The molecule has 5 heteroatoms. The van der Waals surface area contributed by atoms with Crippen LogP contribution < -0.4 is 5.73 Å². The molecule has 7 rings (SSSR count). The maximum atomic E-state index is 8.07. The Labute approximate surface area is 299 Å². The zero-order valence-corrected chi connectivity index (χ0v) is 29.6. The van der Waals surface area contributed by atoms with E-state index in [0.717, 1.165) is 80.4 Å². The van der Waals surface area contributed by atoms with Crippen molar-refractivity contribution in [1.82, 2.24) is 9.13 Å². The molecular formula is C46H43N5. The van der Waals surface area contributed by atoms with Gasteiger partial charge in [0.2, 0.25) is 0 Å². The molecule has 0 atom stereocenters. The predicted octanol–water partition coefficient (Wildman–Crippen LogP) is 11.7. The fraction of sp³-hybridized carbons (Fsp3) is 0.130. The summed E-state index contributed by atoms with van der Waals surface area (Å²) in [6.45, 7) is 15.0. The molecule has 0 spiro atoms. The Kier molecular flexibility index (Phi) is 8.88. The number of nitrogens with zero attached hydrogens (tertiary/aromatic N) is 2. The summed E-state index contributed by atoms with van der Waals surface area (Å²) < 4.78 is 4.61. The Morgan fingerprint density at radius 3 is 1.94 bits per heavy atom. The molecule has 2 aromatic heterocycles. The largest absolute Gasteiger partial charge is 0.405 e. The zero-order valence-electron chi connectivity index (χ0n) is 29.6. The van der Waals surface area contributed by atoms with Crippen molar-refractivity contribution < 1.29 is 0 Å². The van der Waals surface area contributed by atoms with Crippen LogP contribution in [0.3, 0.4) is 0 Å². The summed E-state index contributed by atoms with van der Waals surface area (Å²) in [6.07, 6.45) is 20.8. The molecule has 6 aromatic rings. The van der Waals surface area contributed by atoms with Crippen LogP contribution in [0, 0.1) is 10.8 Å². The Bertz CT molecular complexity index is 2610. The van der Waals surface area contributed by atoms with Gasteiger partial charge in [0.05, 0.1) is 22.1 Å². The Morgan fingerprint density at radius 2 is 1.35 bits per heavy atom. The number of allylic oxidation sites excluding steroid dienone is 11. The number of hydrogen-bond acceptors (Lipinski definition) is 3.